The molecule has 0 bridgehead atoms. The van der Waals surface area contributed by atoms with Crippen molar-refractivity contribution in [1.82, 2.24) is 9.80 Å². The molecule has 0 spiro atoms. The zero-order chi connectivity index (χ0) is 24.0. The molecule has 3 atom stereocenters. The monoisotopic (exact) mass is 453 g/mol. The molecule has 178 valence electrons. The molecule has 0 unspecified atom stereocenters. The molecular formula is C26H35N3O4. The van der Waals surface area contributed by atoms with Crippen molar-refractivity contribution in [2.24, 2.45) is 5.92 Å². The number of benzene rings is 2. The average molecular weight is 454 g/mol. The second kappa shape index (κ2) is 11.3. The summed E-state index contributed by atoms with van der Waals surface area (Å²) in [5, 5.41) is 12.7. The van der Waals surface area contributed by atoms with Gasteiger partial charge in [0, 0.05) is 30.3 Å². The summed E-state index contributed by atoms with van der Waals surface area (Å²) in [4.78, 5) is 29.5. The number of ether oxygens (including phenoxy) is 1. The highest BCUT2D eigenvalue weighted by molar-refractivity contribution is 5.92. The lowest BCUT2D eigenvalue weighted by Gasteiger charge is -2.33. The molecule has 1 aliphatic heterocycles. The van der Waals surface area contributed by atoms with Crippen molar-refractivity contribution in [3.63, 3.8) is 0 Å². The lowest BCUT2D eigenvalue weighted by Crippen LogP contribution is -2.47. The molecule has 33 heavy (non-hydrogen) atoms. The number of carbonyl (C=O) groups is 2. The van der Waals surface area contributed by atoms with Crippen LogP contribution in [0.25, 0.3) is 0 Å². The van der Waals surface area contributed by atoms with E-state index in [1.54, 1.807) is 4.90 Å². The Morgan fingerprint density at radius 2 is 1.97 bits per heavy atom. The maximum atomic E-state index is 13.2. The molecule has 1 aliphatic rings. The van der Waals surface area contributed by atoms with Crippen LogP contribution >= 0.6 is 0 Å². The second-order valence-corrected chi connectivity index (χ2v) is 9.18. The van der Waals surface area contributed by atoms with Crippen molar-refractivity contribution in [3.05, 3.63) is 59.7 Å². The zero-order valence-electron chi connectivity index (χ0n) is 20.0. The summed E-state index contributed by atoms with van der Waals surface area (Å²) in [7, 11) is 3.99. The van der Waals surface area contributed by atoms with E-state index in [0.29, 0.717) is 24.5 Å². The number of aliphatic hydroxyl groups is 1. The fourth-order valence-electron chi connectivity index (χ4n) is 4.07. The van der Waals surface area contributed by atoms with Crippen molar-refractivity contribution in [3.8, 4) is 5.75 Å². The second-order valence-electron chi connectivity index (χ2n) is 9.18. The third kappa shape index (κ3) is 6.79. The van der Waals surface area contributed by atoms with Crippen LogP contribution < -0.4 is 10.1 Å². The van der Waals surface area contributed by atoms with Gasteiger partial charge >= 0.3 is 0 Å². The lowest BCUT2D eigenvalue weighted by atomic mass is 10.0. The molecule has 2 N–H and O–H groups in total. The smallest absolute Gasteiger partial charge is 0.228 e. The van der Waals surface area contributed by atoms with Gasteiger partial charge in [-0.25, -0.2) is 0 Å². The number of amides is 2. The highest BCUT2D eigenvalue weighted by atomic mass is 16.5. The number of rotatable bonds is 7. The Kier molecular flexibility index (Phi) is 8.47. The number of anilines is 1. The fraction of sp³-hybridized carbons (Fsp3) is 0.462. The Labute approximate surface area is 196 Å². The molecular weight excluding hydrogens is 418 g/mol. The van der Waals surface area contributed by atoms with Gasteiger partial charge in [0.2, 0.25) is 11.8 Å². The predicted molar refractivity (Wildman–Crippen MR) is 129 cm³/mol. The number of fused-ring (bicyclic) bond motifs is 1. The Bertz CT molecular complexity index is 948. The van der Waals surface area contributed by atoms with E-state index in [1.807, 2.05) is 69.6 Å². The van der Waals surface area contributed by atoms with Crippen LogP contribution in [0.3, 0.4) is 0 Å². The molecule has 0 fully saturated rings. The molecule has 0 radical (unpaired) electrons. The summed E-state index contributed by atoms with van der Waals surface area (Å²) in [6.45, 7) is 5.03. The molecule has 7 heteroatoms. The molecule has 2 aromatic rings. The van der Waals surface area contributed by atoms with E-state index in [-0.39, 0.29) is 49.3 Å². The van der Waals surface area contributed by atoms with Gasteiger partial charge in [0.1, 0.15) is 11.9 Å². The van der Waals surface area contributed by atoms with Gasteiger partial charge in [-0.05, 0) is 44.8 Å². The molecule has 1 heterocycles. The van der Waals surface area contributed by atoms with Gasteiger partial charge in [0.25, 0.3) is 0 Å². The molecule has 7 nitrogen and oxygen atoms in total. The summed E-state index contributed by atoms with van der Waals surface area (Å²) < 4.78 is 6.41. The van der Waals surface area contributed by atoms with Gasteiger partial charge in [0.15, 0.2) is 0 Å². The van der Waals surface area contributed by atoms with Gasteiger partial charge in [-0.2, -0.15) is 0 Å². The topological polar surface area (TPSA) is 82.1 Å². The van der Waals surface area contributed by atoms with Crippen LogP contribution in [0.5, 0.6) is 5.75 Å². The third-order valence-corrected chi connectivity index (χ3v) is 5.95. The van der Waals surface area contributed by atoms with Crippen molar-refractivity contribution >= 4 is 17.5 Å². The van der Waals surface area contributed by atoms with Crippen molar-refractivity contribution < 1.29 is 19.4 Å². The van der Waals surface area contributed by atoms with Crippen LogP contribution in [0.1, 0.15) is 25.0 Å². The Morgan fingerprint density at radius 3 is 2.64 bits per heavy atom. The lowest BCUT2D eigenvalue weighted by molar-refractivity contribution is -0.134. The van der Waals surface area contributed by atoms with Crippen LogP contribution in [0, 0.1) is 5.92 Å². The SMILES string of the molecule is C[C@H](CO)N1C[C@H](C)[C@@H](CN(C)C)Oc2ccc(NC(=O)Cc3ccccc3)cc2CC1=O. The summed E-state index contributed by atoms with van der Waals surface area (Å²) in [5.41, 5.74) is 2.29. The van der Waals surface area contributed by atoms with E-state index in [0.717, 1.165) is 11.1 Å². The maximum absolute atomic E-state index is 13.2. The molecule has 3 rings (SSSR count). The number of nitrogens with zero attached hydrogens (tertiary/aromatic N) is 2. The van der Waals surface area contributed by atoms with E-state index >= 15 is 0 Å². The number of hydrogen-bond acceptors (Lipinski definition) is 5. The van der Waals surface area contributed by atoms with Crippen LogP contribution in [-0.4, -0.2) is 72.7 Å². The molecule has 0 aliphatic carbocycles. The van der Waals surface area contributed by atoms with Crippen LogP contribution in [0.15, 0.2) is 48.5 Å². The van der Waals surface area contributed by atoms with Crippen LogP contribution in [-0.2, 0) is 22.4 Å². The van der Waals surface area contributed by atoms with Gasteiger partial charge in [-0.15, -0.1) is 0 Å². The molecule has 0 saturated heterocycles. The van der Waals surface area contributed by atoms with Crippen molar-refractivity contribution in [2.45, 2.75) is 38.8 Å². The van der Waals surface area contributed by atoms with Gasteiger partial charge < -0.3 is 25.0 Å². The highest BCUT2D eigenvalue weighted by Crippen LogP contribution is 2.29. The summed E-state index contributed by atoms with van der Waals surface area (Å²) >= 11 is 0. The summed E-state index contributed by atoms with van der Waals surface area (Å²) in [6.07, 6.45) is 0.290. The first-order valence-corrected chi connectivity index (χ1v) is 11.4. The third-order valence-electron chi connectivity index (χ3n) is 5.95. The largest absolute Gasteiger partial charge is 0.488 e. The van der Waals surface area contributed by atoms with Gasteiger partial charge in [-0.1, -0.05) is 37.3 Å². The first-order valence-electron chi connectivity index (χ1n) is 11.4. The zero-order valence-corrected chi connectivity index (χ0v) is 20.0. The molecule has 2 aromatic carbocycles. The van der Waals surface area contributed by atoms with Crippen molar-refractivity contribution in [1.29, 1.82) is 0 Å². The Balaban J connectivity index is 1.86. The summed E-state index contributed by atoms with van der Waals surface area (Å²) in [5.74, 6) is 0.542. The van der Waals surface area contributed by atoms with E-state index < -0.39 is 0 Å². The quantitative estimate of drug-likeness (QED) is 0.674. The fourth-order valence-corrected chi connectivity index (χ4v) is 4.07. The van der Waals surface area contributed by atoms with E-state index in [2.05, 4.69) is 17.1 Å². The number of hydrogen-bond donors (Lipinski definition) is 2. The standard InChI is InChI=1S/C26H35N3O4/c1-18-15-29(19(2)17-30)26(32)14-21-13-22(10-11-23(21)33-24(18)16-28(3)4)27-25(31)12-20-8-6-5-7-9-20/h5-11,13,18-19,24,30H,12,14-17H2,1-4H3,(H,27,31)/t18-,19+,24+/m0/s1. The molecule has 0 aromatic heterocycles. The Hall–Kier alpha value is -2.90. The minimum Gasteiger partial charge on any atom is -0.488 e. The molecule has 2 amide bonds. The summed E-state index contributed by atoms with van der Waals surface area (Å²) in [6, 6.07) is 14.8. The number of carbonyl (C=O) groups excluding carboxylic acids is 2. The predicted octanol–water partition coefficient (Wildman–Crippen LogP) is 2.58. The number of aliphatic hydroxyl groups excluding tert-OH is 1. The minimum atomic E-state index is -0.282. The van der Waals surface area contributed by atoms with Crippen LogP contribution in [0.4, 0.5) is 5.69 Å². The van der Waals surface area contributed by atoms with Crippen molar-refractivity contribution in [2.75, 3.05) is 39.1 Å². The van der Waals surface area contributed by atoms with E-state index in [9.17, 15) is 14.7 Å². The van der Waals surface area contributed by atoms with E-state index in [1.165, 1.54) is 0 Å². The Morgan fingerprint density at radius 1 is 1.24 bits per heavy atom. The number of likely N-dealkylation sites (N-methyl/N-ethyl adjacent to an activating group) is 1. The molecule has 0 saturated carbocycles. The van der Waals surface area contributed by atoms with Gasteiger partial charge in [0.05, 0.1) is 25.5 Å². The van der Waals surface area contributed by atoms with Crippen LogP contribution in [0.2, 0.25) is 0 Å². The maximum Gasteiger partial charge on any atom is 0.228 e. The first-order chi connectivity index (χ1) is 15.8. The number of nitrogens with one attached hydrogen (secondary N) is 1. The first kappa shape index (κ1) is 24.7. The normalized spacial score (nSPS) is 19.7. The highest BCUT2D eigenvalue weighted by Gasteiger charge is 2.30. The van der Waals surface area contributed by atoms with E-state index in [4.69, 9.17) is 4.74 Å². The average Bonchev–Trinajstić information content (AvgIpc) is 2.82. The van der Waals surface area contributed by atoms with Gasteiger partial charge in [-0.3, -0.25) is 9.59 Å². The minimum absolute atomic E-state index is 0.0634.